The largest absolute Gasteiger partial charge is 0.506 e. The van der Waals surface area contributed by atoms with Crippen LogP contribution in [0, 0.1) is 0 Å². The fraction of sp³-hybridized carbons (Fsp3) is 0.846. The van der Waals surface area contributed by atoms with Crippen LogP contribution in [-0.2, 0) is 28.4 Å². The standard InChI is InChI=1S/C8F18.C5H7NO6S.2Na/c9-1(10,3(13,14)5(17,18)7(21,22)23)2(11,12)4(15,16)6(19,20)8(24,25)26;6-3-1-2-4(7)11-13(9,10)12-5(3)8;;/h;3H,1-2,6H2;;/t;3-;;/m.0../s1. The van der Waals surface area contributed by atoms with E-state index in [-0.39, 0.29) is 72.0 Å². The molecule has 7 nitrogen and oxygen atoms in total. The molecule has 0 aliphatic carbocycles. The Labute approximate surface area is 258 Å². The van der Waals surface area contributed by atoms with E-state index in [9.17, 15) is 97.0 Å². The van der Waals surface area contributed by atoms with E-state index < -0.39 is 76.3 Å². The number of carbonyl (C=O) groups excluding carboxylic acids is 2. The zero-order valence-electron chi connectivity index (χ0n) is 19.2. The van der Waals surface area contributed by atoms with Gasteiger partial charge in [0.2, 0.25) is 0 Å². The van der Waals surface area contributed by atoms with Crippen molar-refractivity contribution in [2.75, 3.05) is 0 Å². The first kappa shape index (κ1) is 45.0. The van der Waals surface area contributed by atoms with Gasteiger partial charge in [-0.2, -0.15) is 79.0 Å². The molecule has 1 fully saturated rings. The Hall–Kier alpha value is -0.410. The minimum Gasteiger partial charge on any atom is -0.318 e. The Balaban J connectivity index is -0.000000810. The van der Waals surface area contributed by atoms with Gasteiger partial charge in [-0.15, -0.1) is 8.42 Å². The van der Waals surface area contributed by atoms with Gasteiger partial charge in [0.1, 0.15) is 6.04 Å². The van der Waals surface area contributed by atoms with E-state index in [1.54, 1.807) is 0 Å². The van der Waals surface area contributed by atoms with Gasteiger partial charge in [-0.25, -0.2) is 4.79 Å². The normalized spacial score (nSPS) is 19.6. The number of hydrogen-bond donors (Lipinski definition) is 1. The van der Waals surface area contributed by atoms with Crippen LogP contribution >= 0.6 is 0 Å². The average molecular weight is 693 g/mol. The summed E-state index contributed by atoms with van der Waals surface area (Å²) in [5, 5.41) is 0. The topological polar surface area (TPSA) is 113 Å². The van der Waals surface area contributed by atoms with Crippen molar-refractivity contribution < 1.29 is 105 Å². The molecule has 0 aromatic rings. The van der Waals surface area contributed by atoms with E-state index in [1.165, 1.54) is 0 Å². The molecule has 1 aliphatic heterocycles. The summed E-state index contributed by atoms with van der Waals surface area (Å²) in [6, 6.07) is -1.11. The second-order valence-corrected chi connectivity index (χ2v) is 8.00. The molecule has 0 spiro atoms. The second kappa shape index (κ2) is 13.3. The molecule has 1 aliphatic rings. The number of alkyl halides is 18. The number of hydrogen-bond acceptors (Lipinski definition) is 7. The van der Waals surface area contributed by atoms with E-state index >= 15 is 0 Å². The molecule has 1 saturated heterocycles. The minimum absolute atomic E-state index is 0. The number of rotatable bonds is 5. The smallest absolute Gasteiger partial charge is 0.318 e. The Bertz CT molecular complexity index is 997. The monoisotopic (exact) mass is 693 g/mol. The first-order chi connectivity index (χ1) is 16.7. The second-order valence-electron chi connectivity index (χ2n) is 6.85. The molecule has 0 unspecified atom stereocenters. The third-order valence-electron chi connectivity index (χ3n) is 4.03. The van der Waals surface area contributed by atoms with E-state index in [0.29, 0.717) is 0 Å². The molecule has 0 aromatic heterocycles. The minimum atomic E-state index is -8.72. The predicted octanol–water partition coefficient (Wildman–Crippen LogP) is 3.60. The SMILES string of the molecule is FC(F)(F)C(F)(F)C(F)(F)C(F)(F)C(F)(F)C(F)(F)C(F)(F)C(F)(F)F.N[C@H]1CCC(=O)OS(=O)(=O)OC1=O.[Na].[Na]. The summed E-state index contributed by atoms with van der Waals surface area (Å²) < 4.78 is 250. The Kier molecular flexibility index (Phi) is 14.6. The number of nitrogens with two attached hydrogens (primary N) is 1. The Morgan fingerprint density at radius 2 is 0.829 bits per heavy atom. The molecule has 234 valence electrons. The van der Waals surface area contributed by atoms with Gasteiger partial charge in [0.05, 0.1) is 0 Å². The summed E-state index contributed by atoms with van der Waals surface area (Å²) in [6.07, 6.45) is -15.8. The van der Waals surface area contributed by atoms with Crippen molar-refractivity contribution in [3.05, 3.63) is 0 Å². The molecule has 0 saturated carbocycles. The van der Waals surface area contributed by atoms with E-state index in [1.807, 2.05) is 0 Å². The zero-order valence-corrected chi connectivity index (χ0v) is 24.0. The van der Waals surface area contributed by atoms with Crippen LogP contribution in [0.4, 0.5) is 79.0 Å². The summed E-state index contributed by atoms with van der Waals surface area (Å²) in [5.74, 6) is -53.1. The molecule has 1 atom stereocenters. The maximum Gasteiger partial charge on any atom is 0.506 e. The van der Waals surface area contributed by atoms with E-state index in [0.717, 1.165) is 0 Å². The van der Waals surface area contributed by atoms with Crippen molar-refractivity contribution in [1.29, 1.82) is 0 Å². The molecular weight excluding hydrogens is 686 g/mol. The summed E-state index contributed by atoms with van der Waals surface area (Å²) in [6.45, 7) is 0. The van der Waals surface area contributed by atoms with Gasteiger partial charge in [-0.1, -0.05) is 0 Å². The summed E-state index contributed by atoms with van der Waals surface area (Å²) in [5.41, 5.74) is 5.18. The quantitative estimate of drug-likeness (QED) is 0.346. The molecule has 41 heavy (non-hydrogen) atoms. The van der Waals surface area contributed by atoms with Crippen LogP contribution in [0.15, 0.2) is 0 Å². The average Bonchev–Trinajstić information content (AvgIpc) is 2.68. The molecule has 1 heterocycles. The maximum atomic E-state index is 12.8. The maximum absolute atomic E-state index is 12.8. The molecule has 2 radical (unpaired) electrons. The van der Waals surface area contributed by atoms with Crippen molar-refractivity contribution in [3.8, 4) is 0 Å². The fourth-order valence-corrected chi connectivity index (χ4v) is 2.54. The van der Waals surface area contributed by atoms with Gasteiger partial charge in [-0.3, -0.25) is 4.79 Å². The fourth-order valence-electron chi connectivity index (χ4n) is 1.87. The van der Waals surface area contributed by atoms with Crippen LogP contribution in [0.2, 0.25) is 0 Å². The van der Waals surface area contributed by atoms with Crippen molar-refractivity contribution in [2.45, 2.75) is 66.8 Å². The van der Waals surface area contributed by atoms with Crippen LogP contribution in [-0.4, -0.2) is 133 Å². The van der Waals surface area contributed by atoms with Crippen molar-refractivity contribution >= 4 is 81.5 Å². The van der Waals surface area contributed by atoms with Crippen molar-refractivity contribution in [1.82, 2.24) is 0 Å². The third-order valence-corrected chi connectivity index (χ3v) is 4.78. The first-order valence-electron chi connectivity index (χ1n) is 8.52. The van der Waals surface area contributed by atoms with E-state index in [4.69, 9.17) is 5.73 Å². The van der Waals surface area contributed by atoms with Crippen LogP contribution in [0.3, 0.4) is 0 Å². The Morgan fingerprint density at radius 3 is 1.10 bits per heavy atom. The molecule has 1 rings (SSSR count). The summed E-state index contributed by atoms with van der Waals surface area (Å²) in [7, 11) is -4.55. The molecule has 28 heteroatoms. The van der Waals surface area contributed by atoms with Crippen molar-refractivity contribution in [3.63, 3.8) is 0 Å². The van der Waals surface area contributed by atoms with Gasteiger partial charge in [0, 0.05) is 65.5 Å². The van der Waals surface area contributed by atoms with Crippen LogP contribution in [0.5, 0.6) is 0 Å². The zero-order chi connectivity index (χ0) is 32.1. The predicted molar refractivity (Wildman–Crippen MR) is 91.6 cm³/mol. The van der Waals surface area contributed by atoms with E-state index in [2.05, 4.69) is 8.37 Å². The van der Waals surface area contributed by atoms with Gasteiger partial charge in [-0.05, 0) is 6.42 Å². The van der Waals surface area contributed by atoms with Gasteiger partial charge in [0.15, 0.2) is 0 Å². The third kappa shape index (κ3) is 8.40. The molecule has 0 amide bonds. The first-order valence-corrected chi connectivity index (χ1v) is 9.85. The number of carbonyl (C=O) groups is 2. The van der Waals surface area contributed by atoms with Gasteiger partial charge < -0.3 is 14.1 Å². The van der Waals surface area contributed by atoms with Gasteiger partial charge >= 0.3 is 70.2 Å². The van der Waals surface area contributed by atoms with Gasteiger partial charge in [0.25, 0.3) is 0 Å². The molecule has 0 aromatic carbocycles. The molecule has 0 bridgehead atoms. The summed E-state index contributed by atoms with van der Waals surface area (Å²) in [4.78, 5) is 21.4. The summed E-state index contributed by atoms with van der Waals surface area (Å²) >= 11 is 0. The van der Waals surface area contributed by atoms with Crippen LogP contribution < -0.4 is 5.73 Å². The van der Waals surface area contributed by atoms with Crippen molar-refractivity contribution in [2.24, 2.45) is 5.73 Å². The Morgan fingerprint density at radius 1 is 0.561 bits per heavy atom. The molecule has 2 N–H and O–H groups in total. The van der Waals surface area contributed by atoms with Crippen LogP contribution in [0.25, 0.3) is 0 Å². The molecular formula is C13H7F18NNa2O6S. The van der Waals surface area contributed by atoms with Crippen LogP contribution in [0.1, 0.15) is 12.8 Å². The number of halogens is 18.